The van der Waals surface area contributed by atoms with E-state index in [1.54, 1.807) is 7.05 Å². The largest absolute Gasteiger partial charge is 0.356 e. The third-order valence-corrected chi connectivity index (χ3v) is 6.19. The minimum absolute atomic E-state index is 0. The molecular weight excluding hydrogens is 461 g/mol. The average Bonchev–Trinajstić information content (AvgIpc) is 2.93. The second-order valence-corrected chi connectivity index (χ2v) is 11.4. The van der Waals surface area contributed by atoms with Gasteiger partial charge in [-0.15, -0.1) is 24.0 Å². The van der Waals surface area contributed by atoms with E-state index < -0.39 is 9.84 Å². The molecule has 156 valence electrons. The highest BCUT2D eigenvalue weighted by Gasteiger charge is 2.34. The Morgan fingerprint density at radius 3 is 2.23 bits per heavy atom. The number of guanidine groups is 1. The first kappa shape index (κ1) is 26.0. The minimum atomic E-state index is -2.92. The van der Waals surface area contributed by atoms with Crippen LogP contribution in [0.1, 0.15) is 66.2 Å². The van der Waals surface area contributed by atoms with Gasteiger partial charge in [-0.25, -0.2) is 8.42 Å². The van der Waals surface area contributed by atoms with E-state index in [-0.39, 0.29) is 35.1 Å². The van der Waals surface area contributed by atoms with Gasteiger partial charge in [0.1, 0.15) is 9.84 Å². The van der Waals surface area contributed by atoms with Gasteiger partial charge in [-0.3, -0.25) is 4.99 Å². The molecule has 1 aliphatic rings. The van der Waals surface area contributed by atoms with E-state index >= 15 is 0 Å². The van der Waals surface area contributed by atoms with Crippen molar-refractivity contribution in [1.29, 1.82) is 0 Å². The van der Waals surface area contributed by atoms with Crippen LogP contribution in [0.2, 0.25) is 0 Å². The Bertz CT molecular complexity index is 539. The monoisotopic (exact) mass is 501 g/mol. The molecule has 0 aromatic rings. The quantitative estimate of drug-likeness (QED) is 0.286. The van der Waals surface area contributed by atoms with Crippen LogP contribution in [0.25, 0.3) is 0 Å². The van der Waals surface area contributed by atoms with E-state index in [1.807, 2.05) is 0 Å². The van der Waals surface area contributed by atoms with Crippen molar-refractivity contribution in [3.8, 4) is 0 Å². The van der Waals surface area contributed by atoms with Gasteiger partial charge >= 0.3 is 0 Å². The van der Waals surface area contributed by atoms with Crippen molar-refractivity contribution in [1.82, 2.24) is 10.6 Å². The molecule has 0 bridgehead atoms. The molecule has 7 heteroatoms. The third-order valence-electron chi connectivity index (χ3n) is 5.24. The maximum absolute atomic E-state index is 11.4. The molecule has 0 aliphatic heterocycles. The summed E-state index contributed by atoms with van der Waals surface area (Å²) in [6.07, 6.45) is 8.47. The molecule has 0 aromatic heterocycles. The molecule has 0 spiro atoms. The molecule has 0 atom stereocenters. The van der Waals surface area contributed by atoms with Gasteiger partial charge in [0.25, 0.3) is 0 Å². The van der Waals surface area contributed by atoms with E-state index in [4.69, 9.17) is 0 Å². The molecule has 5 nitrogen and oxygen atoms in total. The number of rotatable bonds is 9. The Balaban J connectivity index is 0.00000625. The van der Waals surface area contributed by atoms with Crippen molar-refractivity contribution in [2.45, 2.75) is 66.2 Å². The highest BCUT2D eigenvalue weighted by Crippen LogP contribution is 2.42. The first-order valence-electron chi connectivity index (χ1n) is 9.59. The zero-order chi connectivity index (χ0) is 19.1. The molecule has 0 saturated heterocycles. The molecule has 1 fully saturated rings. The fraction of sp³-hybridized carbons (Fsp3) is 0.947. The van der Waals surface area contributed by atoms with Crippen LogP contribution in [0, 0.1) is 16.7 Å². The van der Waals surface area contributed by atoms with Crippen LogP contribution in [0.5, 0.6) is 0 Å². The minimum Gasteiger partial charge on any atom is -0.356 e. The maximum Gasteiger partial charge on any atom is 0.191 e. The van der Waals surface area contributed by atoms with Crippen molar-refractivity contribution in [3.63, 3.8) is 0 Å². The summed E-state index contributed by atoms with van der Waals surface area (Å²) in [6, 6.07) is 0. The first-order chi connectivity index (χ1) is 11.5. The first-order valence-corrected chi connectivity index (χ1v) is 11.7. The van der Waals surface area contributed by atoms with Gasteiger partial charge in [-0.2, -0.15) is 0 Å². The summed E-state index contributed by atoms with van der Waals surface area (Å²) in [4.78, 5) is 4.35. The fourth-order valence-corrected chi connectivity index (χ4v) is 4.73. The van der Waals surface area contributed by atoms with Gasteiger partial charge in [0.2, 0.25) is 0 Å². The lowest BCUT2D eigenvalue weighted by atomic mass is 9.78. The van der Waals surface area contributed by atoms with Crippen LogP contribution in [0.3, 0.4) is 0 Å². The Morgan fingerprint density at radius 1 is 1.19 bits per heavy atom. The lowest BCUT2D eigenvalue weighted by Gasteiger charge is -2.32. The van der Waals surface area contributed by atoms with Gasteiger partial charge < -0.3 is 10.6 Å². The van der Waals surface area contributed by atoms with E-state index in [0.717, 1.165) is 12.5 Å². The lowest BCUT2D eigenvalue weighted by Crippen LogP contribution is -2.46. The molecule has 1 aliphatic carbocycles. The fourth-order valence-electron chi connectivity index (χ4n) is 3.81. The summed E-state index contributed by atoms with van der Waals surface area (Å²) in [6.45, 7) is 10.5. The number of hydrogen-bond acceptors (Lipinski definition) is 3. The van der Waals surface area contributed by atoms with Crippen LogP contribution in [-0.4, -0.2) is 46.5 Å². The summed E-state index contributed by atoms with van der Waals surface area (Å²) in [5.74, 6) is 1.76. The molecular formula is C19H40IN3O2S. The number of sulfone groups is 1. The number of aliphatic imine (C=N–C) groups is 1. The number of halogens is 1. The molecule has 1 rings (SSSR count). The SMILES string of the molecule is CN=C(NCC(C)(C)CCS(C)(=O)=O)NCC1(CC(C)C)CCCC1.I. The normalized spacial score (nSPS) is 17.9. The average molecular weight is 502 g/mol. The summed E-state index contributed by atoms with van der Waals surface area (Å²) in [7, 11) is -1.12. The molecule has 0 unspecified atom stereocenters. The summed E-state index contributed by atoms with van der Waals surface area (Å²) in [5, 5.41) is 6.91. The van der Waals surface area contributed by atoms with Crippen LogP contribution in [0.15, 0.2) is 4.99 Å². The number of nitrogens with zero attached hydrogens (tertiary/aromatic N) is 1. The Hall–Kier alpha value is -0.0500. The Labute approximate surface area is 178 Å². The van der Waals surface area contributed by atoms with Crippen LogP contribution in [-0.2, 0) is 9.84 Å². The van der Waals surface area contributed by atoms with Gasteiger partial charge in [0.05, 0.1) is 5.75 Å². The molecule has 0 radical (unpaired) electrons. The zero-order valence-electron chi connectivity index (χ0n) is 17.5. The van der Waals surface area contributed by atoms with Crippen molar-refractivity contribution >= 4 is 39.8 Å². The van der Waals surface area contributed by atoms with Gasteiger partial charge in [0.15, 0.2) is 5.96 Å². The molecule has 0 amide bonds. The Kier molecular flexibility index (Phi) is 11.1. The number of nitrogens with one attached hydrogen (secondary N) is 2. The second-order valence-electron chi connectivity index (χ2n) is 9.13. The van der Waals surface area contributed by atoms with Crippen molar-refractivity contribution in [3.05, 3.63) is 0 Å². The smallest absolute Gasteiger partial charge is 0.191 e. The molecule has 0 aromatic carbocycles. The van der Waals surface area contributed by atoms with E-state index in [1.165, 1.54) is 38.4 Å². The van der Waals surface area contributed by atoms with Crippen LogP contribution >= 0.6 is 24.0 Å². The molecule has 1 saturated carbocycles. The van der Waals surface area contributed by atoms with Gasteiger partial charge in [0, 0.05) is 26.4 Å². The van der Waals surface area contributed by atoms with Gasteiger partial charge in [-0.1, -0.05) is 40.5 Å². The highest BCUT2D eigenvalue weighted by atomic mass is 127. The van der Waals surface area contributed by atoms with Crippen molar-refractivity contribution in [2.75, 3.05) is 32.1 Å². The zero-order valence-corrected chi connectivity index (χ0v) is 20.7. The van der Waals surface area contributed by atoms with E-state index in [0.29, 0.717) is 24.3 Å². The van der Waals surface area contributed by atoms with Gasteiger partial charge in [-0.05, 0) is 42.4 Å². The topological polar surface area (TPSA) is 70.6 Å². The summed E-state index contributed by atoms with van der Waals surface area (Å²) >= 11 is 0. The van der Waals surface area contributed by atoms with Crippen molar-refractivity contribution < 1.29 is 8.42 Å². The molecule has 2 N–H and O–H groups in total. The summed E-state index contributed by atoms with van der Waals surface area (Å²) in [5.41, 5.74) is 0.307. The van der Waals surface area contributed by atoms with E-state index in [2.05, 4.69) is 43.3 Å². The maximum atomic E-state index is 11.4. The molecule has 0 heterocycles. The lowest BCUT2D eigenvalue weighted by molar-refractivity contribution is 0.234. The van der Waals surface area contributed by atoms with Crippen LogP contribution in [0.4, 0.5) is 0 Å². The van der Waals surface area contributed by atoms with Crippen LogP contribution < -0.4 is 10.6 Å². The Morgan fingerprint density at radius 2 is 1.77 bits per heavy atom. The standard InChI is InChI=1S/C19H39N3O2S.HI/c1-16(2)13-19(9-7-8-10-19)15-22-17(20-5)21-14-18(3,4)11-12-25(6,23)24;/h16H,7-15H2,1-6H3,(H2,20,21,22);1H. The third kappa shape index (κ3) is 10.3. The van der Waals surface area contributed by atoms with E-state index in [9.17, 15) is 8.42 Å². The predicted molar refractivity (Wildman–Crippen MR) is 123 cm³/mol. The predicted octanol–water partition coefficient (Wildman–Crippen LogP) is 3.84. The molecule has 26 heavy (non-hydrogen) atoms. The number of hydrogen-bond donors (Lipinski definition) is 2. The second kappa shape index (κ2) is 11.1. The summed E-state index contributed by atoms with van der Waals surface area (Å²) < 4.78 is 22.8. The highest BCUT2D eigenvalue weighted by molar-refractivity contribution is 14.0. The van der Waals surface area contributed by atoms with Crippen molar-refractivity contribution in [2.24, 2.45) is 21.7 Å².